The van der Waals surface area contributed by atoms with Crippen LogP contribution in [0.1, 0.15) is 32.6 Å². The molecule has 0 bridgehead atoms. The van der Waals surface area contributed by atoms with Gasteiger partial charge in [0.25, 0.3) is 0 Å². The van der Waals surface area contributed by atoms with Gasteiger partial charge in [-0.3, -0.25) is 4.79 Å². The Morgan fingerprint density at radius 1 is 1.43 bits per heavy atom. The van der Waals surface area contributed by atoms with E-state index in [9.17, 15) is 4.79 Å². The molecular formula is C11H21NO2. The van der Waals surface area contributed by atoms with Crippen molar-refractivity contribution < 1.29 is 9.53 Å². The number of hydrogen-bond donors (Lipinski definition) is 0. The number of rotatable bonds is 7. The van der Waals surface area contributed by atoms with E-state index in [2.05, 4.69) is 11.9 Å². The van der Waals surface area contributed by atoms with Crippen LogP contribution in [0, 0.1) is 5.92 Å². The standard InChI is InChI=1S/C11H21NO2/c1-3-14-11(13)7-9-12(2)8-6-10-4-5-10/h10H,3-9H2,1-2H3. The predicted molar refractivity (Wildman–Crippen MR) is 56.1 cm³/mol. The molecule has 0 heterocycles. The van der Waals surface area contributed by atoms with Gasteiger partial charge >= 0.3 is 5.97 Å². The van der Waals surface area contributed by atoms with Gasteiger partial charge in [-0.1, -0.05) is 12.8 Å². The van der Waals surface area contributed by atoms with Gasteiger partial charge in [0.1, 0.15) is 0 Å². The van der Waals surface area contributed by atoms with Gasteiger partial charge in [-0.2, -0.15) is 0 Å². The maximum atomic E-state index is 11.0. The fraction of sp³-hybridized carbons (Fsp3) is 0.909. The summed E-state index contributed by atoms with van der Waals surface area (Å²) in [6.45, 7) is 4.27. The summed E-state index contributed by atoms with van der Waals surface area (Å²) in [7, 11) is 2.07. The Labute approximate surface area is 86.4 Å². The minimum absolute atomic E-state index is 0.0780. The van der Waals surface area contributed by atoms with Crippen LogP contribution in [-0.4, -0.2) is 37.6 Å². The molecule has 3 nitrogen and oxygen atoms in total. The molecule has 1 aliphatic carbocycles. The highest BCUT2D eigenvalue weighted by Crippen LogP contribution is 2.32. The summed E-state index contributed by atoms with van der Waals surface area (Å²) in [5, 5.41) is 0. The Balaban J connectivity index is 1.95. The van der Waals surface area contributed by atoms with Gasteiger partial charge in [0, 0.05) is 6.54 Å². The van der Waals surface area contributed by atoms with Crippen LogP contribution in [0.3, 0.4) is 0 Å². The Hall–Kier alpha value is -0.570. The molecule has 0 aromatic carbocycles. The number of carbonyl (C=O) groups excluding carboxylic acids is 1. The molecule has 14 heavy (non-hydrogen) atoms. The van der Waals surface area contributed by atoms with E-state index in [0.29, 0.717) is 13.0 Å². The minimum atomic E-state index is -0.0780. The molecule has 82 valence electrons. The smallest absolute Gasteiger partial charge is 0.307 e. The molecule has 0 amide bonds. The summed E-state index contributed by atoms with van der Waals surface area (Å²) in [5.74, 6) is 0.894. The zero-order valence-corrected chi connectivity index (χ0v) is 9.29. The lowest BCUT2D eigenvalue weighted by Crippen LogP contribution is -2.24. The van der Waals surface area contributed by atoms with Crippen molar-refractivity contribution >= 4 is 5.97 Å². The summed E-state index contributed by atoms with van der Waals surface area (Å²) in [6.07, 6.45) is 4.63. The van der Waals surface area contributed by atoms with Gasteiger partial charge in [-0.25, -0.2) is 0 Å². The highest BCUT2D eigenvalue weighted by molar-refractivity contribution is 5.69. The highest BCUT2D eigenvalue weighted by atomic mass is 16.5. The minimum Gasteiger partial charge on any atom is -0.466 e. The number of ether oxygens (including phenoxy) is 1. The van der Waals surface area contributed by atoms with Gasteiger partial charge in [0.05, 0.1) is 13.0 Å². The van der Waals surface area contributed by atoms with E-state index in [1.54, 1.807) is 0 Å². The molecule has 0 spiro atoms. The van der Waals surface area contributed by atoms with E-state index in [1.165, 1.54) is 19.3 Å². The van der Waals surface area contributed by atoms with E-state index in [-0.39, 0.29) is 5.97 Å². The SMILES string of the molecule is CCOC(=O)CCN(C)CCC1CC1. The first-order valence-corrected chi connectivity index (χ1v) is 5.56. The first-order chi connectivity index (χ1) is 6.72. The third-order valence-corrected chi connectivity index (χ3v) is 2.62. The van der Waals surface area contributed by atoms with Crippen molar-refractivity contribution in [2.24, 2.45) is 5.92 Å². The van der Waals surface area contributed by atoms with E-state index < -0.39 is 0 Å². The largest absolute Gasteiger partial charge is 0.466 e. The summed E-state index contributed by atoms with van der Waals surface area (Å²) >= 11 is 0. The third kappa shape index (κ3) is 5.22. The van der Waals surface area contributed by atoms with Gasteiger partial charge in [0.15, 0.2) is 0 Å². The molecule has 0 aromatic rings. The Bertz CT molecular complexity index is 178. The van der Waals surface area contributed by atoms with Gasteiger partial charge < -0.3 is 9.64 Å². The van der Waals surface area contributed by atoms with Crippen molar-refractivity contribution in [1.29, 1.82) is 0 Å². The molecule has 3 heteroatoms. The second-order valence-electron chi connectivity index (χ2n) is 4.09. The van der Waals surface area contributed by atoms with Crippen molar-refractivity contribution in [2.45, 2.75) is 32.6 Å². The molecule has 1 rings (SSSR count). The second-order valence-corrected chi connectivity index (χ2v) is 4.09. The van der Waals surface area contributed by atoms with Crippen molar-refractivity contribution in [3.63, 3.8) is 0 Å². The zero-order chi connectivity index (χ0) is 10.4. The van der Waals surface area contributed by atoms with E-state index in [1.807, 2.05) is 6.92 Å². The first-order valence-electron chi connectivity index (χ1n) is 5.56. The van der Waals surface area contributed by atoms with Crippen molar-refractivity contribution in [3.05, 3.63) is 0 Å². The van der Waals surface area contributed by atoms with Crippen molar-refractivity contribution in [1.82, 2.24) is 4.90 Å². The topological polar surface area (TPSA) is 29.5 Å². The lowest BCUT2D eigenvalue weighted by molar-refractivity contribution is -0.143. The molecular weight excluding hydrogens is 178 g/mol. The summed E-state index contributed by atoms with van der Waals surface area (Å²) in [5.41, 5.74) is 0. The molecule has 0 aromatic heterocycles. The fourth-order valence-electron chi connectivity index (χ4n) is 1.44. The maximum Gasteiger partial charge on any atom is 0.307 e. The lowest BCUT2D eigenvalue weighted by atomic mass is 10.3. The van der Waals surface area contributed by atoms with E-state index in [0.717, 1.165) is 19.0 Å². The normalized spacial score (nSPS) is 15.9. The van der Waals surface area contributed by atoms with Crippen LogP contribution in [0.25, 0.3) is 0 Å². The molecule has 1 aliphatic rings. The molecule has 0 aliphatic heterocycles. The lowest BCUT2D eigenvalue weighted by Gasteiger charge is -2.15. The van der Waals surface area contributed by atoms with Crippen LogP contribution in [0.5, 0.6) is 0 Å². The van der Waals surface area contributed by atoms with Gasteiger partial charge in [-0.15, -0.1) is 0 Å². The number of esters is 1. The average Bonchev–Trinajstić information content (AvgIpc) is 2.95. The molecule has 0 atom stereocenters. The Morgan fingerprint density at radius 3 is 2.71 bits per heavy atom. The van der Waals surface area contributed by atoms with Crippen molar-refractivity contribution in [3.8, 4) is 0 Å². The highest BCUT2D eigenvalue weighted by Gasteiger charge is 2.21. The van der Waals surface area contributed by atoms with E-state index >= 15 is 0 Å². The van der Waals surface area contributed by atoms with Crippen LogP contribution in [0.2, 0.25) is 0 Å². The average molecular weight is 199 g/mol. The summed E-state index contributed by atoms with van der Waals surface area (Å²) < 4.78 is 4.86. The second kappa shape index (κ2) is 6.02. The zero-order valence-electron chi connectivity index (χ0n) is 9.29. The van der Waals surface area contributed by atoms with Crippen LogP contribution >= 0.6 is 0 Å². The van der Waals surface area contributed by atoms with Crippen LogP contribution in [0.4, 0.5) is 0 Å². The fourth-order valence-corrected chi connectivity index (χ4v) is 1.44. The monoisotopic (exact) mass is 199 g/mol. The summed E-state index contributed by atoms with van der Waals surface area (Å²) in [6, 6.07) is 0. The number of hydrogen-bond acceptors (Lipinski definition) is 3. The van der Waals surface area contributed by atoms with E-state index in [4.69, 9.17) is 4.74 Å². The first kappa shape index (κ1) is 11.5. The van der Waals surface area contributed by atoms with Crippen molar-refractivity contribution in [2.75, 3.05) is 26.7 Å². The molecule has 0 unspecified atom stereocenters. The Kier molecular flexibility index (Phi) is 4.94. The molecule has 0 N–H and O–H groups in total. The quantitative estimate of drug-likeness (QED) is 0.584. The third-order valence-electron chi connectivity index (χ3n) is 2.62. The number of nitrogens with zero attached hydrogens (tertiary/aromatic N) is 1. The maximum absolute atomic E-state index is 11.0. The summed E-state index contributed by atoms with van der Waals surface area (Å²) in [4.78, 5) is 13.3. The molecule has 1 fully saturated rings. The number of carbonyl (C=O) groups is 1. The predicted octanol–water partition coefficient (Wildman–Crippen LogP) is 1.67. The molecule has 0 saturated heterocycles. The van der Waals surface area contributed by atoms with Gasteiger partial charge in [-0.05, 0) is 32.9 Å². The van der Waals surface area contributed by atoms with Crippen LogP contribution in [0.15, 0.2) is 0 Å². The van der Waals surface area contributed by atoms with Gasteiger partial charge in [0.2, 0.25) is 0 Å². The van der Waals surface area contributed by atoms with Crippen LogP contribution < -0.4 is 0 Å². The molecule has 1 saturated carbocycles. The molecule has 0 radical (unpaired) electrons. The Morgan fingerprint density at radius 2 is 2.14 bits per heavy atom. The van der Waals surface area contributed by atoms with Crippen LogP contribution in [-0.2, 0) is 9.53 Å².